The highest BCUT2D eigenvalue weighted by Gasteiger charge is 2.27. The van der Waals surface area contributed by atoms with E-state index in [0.29, 0.717) is 11.6 Å². The fourth-order valence-corrected chi connectivity index (χ4v) is 4.14. The van der Waals surface area contributed by atoms with Crippen LogP contribution in [0.5, 0.6) is 0 Å². The number of carbonyl (C=O) groups is 2. The van der Waals surface area contributed by atoms with Crippen molar-refractivity contribution in [2.75, 3.05) is 5.32 Å². The van der Waals surface area contributed by atoms with Crippen LogP contribution in [0.4, 0.5) is 15.2 Å². The Hall–Kier alpha value is -3.37. The summed E-state index contributed by atoms with van der Waals surface area (Å²) in [5, 5.41) is 16.4. The van der Waals surface area contributed by atoms with E-state index in [4.69, 9.17) is 11.6 Å². The van der Waals surface area contributed by atoms with E-state index < -0.39 is 22.8 Å². The van der Waals surface area contributed by atoms with Gasteiger partial charge in [-0.25, -0.2) is 9.37 Å². The van der Waals surface area contributed by atoms with Gasteiger partial charge in [0.2, 0.25) is 5.91 Å². The van der Waals surface area contributed by atoms with E-state index >= 15 is 0 Å². The zero-order valence-corrected chi connectivity index (χ0v) is 19.2. The van der Waals surface area contributed by atoms with Crippen LogP contribution in [0.25, 0.3) is 0 Å². The molecule has 0 aliphatic carbocycles. The maximum Gasteiger partial charge on any atom is 0.270 e. The molecule has 2 amide bonds. The molecule has 3 rings (SSSR count). The SMILES string of the molecule is CC(C)C(NC(=O)c1ccc([N+](=O)[O-])cc1Cl)C(=O)Nc1ncc(Cc2cccc(F)c2)s1. The van der Waals surface area contributed by atoms with Crippen molar-refractivity contribution >= 4 is 45.6 Å². The fraction of sp³-hybridized carbons (Fsp3) is 0.227. The van der Waals surface area contributed by atoms with E-state index in [1.54, 1.807) is 32.2 Å². The van der Waals surface area contributed by atoms with Gasteiger partial charge in [0.1, 0.15) is 11.9 Å². The lowest BCUT2D eigenvalue weighted by Gasteiger charge is -2.21. The smallest absolute Gasteiger partial charge is 0.270 e. The second-order valence-electron chi connectivity index (χ2n) is 7.54. The summed E-state index contributed by atoms with van der Waals surface area (Å²) in [6, 6.07) is 8.81. The molecular formula is C22H20ClFN4O4S. The molecule has 1 heterocycles. The van der Waals surface area contributed by atoms with Crippen molar-refractivity contribution in [2.45, 2.75) is 26.3 Å². The lowest BCUT2D eigenvalue weighted by molar-refractivity contribution is -0.384. The van der Waals surface area contributed by atoms with Crippen LogP contribution in [0, 0.1) is 21.8 Å². The van der Waals surface area contributed by atoms with Gasteiger partial charge >= 0.3 is 0 Å². The number of halogens is 2. The lowest BCUT2D eigenvalue weighted by atomic mass is 10.0. The number of aromatic nitrogens is 1. The molecule has 1 aromatic heterocycles. The van der Waals surface area contributed by atoms with Crippen molar-refractivity contribution in [3.8, 4) is 0 Å². The summed E-state index contributed by atoms with van der Waals surface area (Å²) >= 11 is 7.27. The van der Waals surface area contributed by atoms with Crippen LogP contribution in [-0.2, 0) is 11.2 Å². The lowest BCUT2D eigenvalue weighted by Crippen LogP contribution is -2.47. The van der Waals surface area contributed by atoms with Gasteiger partial charge in [0.05, 0.1) is 15.5 Å². The molecule has 0 radical (unpaired) electrons. The minimum Gasteiger partial charge on any atom is -0.340 e. The summed E-state index contributed by atoms with van der Waals surface area (Å²) < 4.78 is 13.4. The predicted molar refractivity (Wildman–Crippen MR) is 124 cm³/mol. The molecule has 0 saturated carbocycles. The first-order valence-electron chi connectivity index (χ1n) is 9.89. The van der Waals surface area contributed by atoms with E-state index in [2.05, 4.69) is 15.6 Å². The highest BCUT2D eigenvalue weighted by Crippen LogP contribution is 2.24. The van der Waals surface area contributed by atoms with E-state index in [0.717, 1.165) is 16.5 Å². The molecule has 0 saturated heterocycles. The quantitative estimate of drug-likeness (QED) is 0.347. The maximum absolute atomic E-state index is 13.4. The maximum atomic E-state index is 13.4. The Morgan fingerprint density at radius 3 is 2.64 bits per heavy atom. The first-order valence-corrected chi connectivity index (χ1v) is 11.1. The number of rotatable bonds is 8. The molecular weight excluding hydrogens is 471 g/mol. The summed E-state index contributed by atoms with van der Waals surface area (Å²) in [5.41, 5.74) is 0.559. The van der Waals surface area contributed by atoms with Gasteiger partial charge in [-0.05, 0) is 29.7 Å². The highest BCUT2D eigenvalue weighted by atomic mass is 35.5. The Kier molecular flexibility index (Phi) is 7.72. The summed E-state index contributed by atoms with van der Waals surface area (Å²) in [7, 11) is 0. The molecule has 11 heteroatoms. The van der Waals surface area contributed by atoms with Crippen LogP contribution >= 0.6 is 22.9 Å². The van der Waals surface area contributed by atoms with Gasteiger partial charge in [0, 0.05) is 29.6 Å². The van der Waals surface area contributed by atoms with E-state index in [1.165, 1.54) is 35.6 Å². The number of nitrogens with zero attached hydrogens (tertiary/aromatic N) is 2. The van der Waals surface area contributed by atoms with E-state index in [9.17, 15) is 24.1 Å². The highest BCUT2D eigenvalue weighted by molar-refractivity contribution is 7.15. The molecule has 1 atom stereocenters. The molecule has 0 fully saturated rings. The number of benzene rings is 2. The van der Waals surface area contributed by atoms with E-state index in [-0.39, 0.29) is 28.0 Å². The third kappa shape index (κ3) is 6.33. The van der Waals surface area contributed by atoms with Crippen molar-refractivity contribution in [1.82, 2.24) is 10.3 Å². The fourth-order valence-electron chi connectivity index (χ4n) is 3.03. The largest absolute Gasteiger partial charge is 0.340 e. The Morgan fingerprint density at radius 1 is 1.24 bits per heavy atom. The summed E-state index contributed by atoms with van der Waals surface area (Å²) in [5.74, 6) is -1.69. The van der Waals surface area contributed by atoms with Crippen LogP contribution in [0.2, 0.25) is 5.02 Å². The Bertz CT molecular complexity index is 1200. The van der Waals surface area contributed by atoms with Crippen LogP contribution in [-0.4, -0.2) is 27.8 Å². The monoisotopic (exact) mass is 490 g/mol. The molecule has 33 heavy (non-hydrogen) atoms. The number of nitro groups is 1. The Balaban J connectivity index is 1.67. The number of amides is 2. The second-order valence-corrected chi connectivity index (χ2v) is 9.07. The number of hydrogen-bond acceptors (Lipinski definition) is 6. The van der Waals surface area contributed by atoms with Gasteiger partial charge in [-0.1, -0.05) is 37.6 Å². The zero-order valence-electron chi connectivity index (χ0n) is 17.7. The second kappa shape index (κ2) is 10.5. The zero-order chi connectivity index (χ0) is 24.1. The first kappa shape index (κ1) is 24.3. The van der Waals surface area contributed by atoms with Gasteiger partial charge in [-0.3, -0.25) is 19.7 Å². The molecule has 2 N–H and O–H groups in total. The number of non-ortho nitro benzene ring substituents is 1. The van der Waals surface area contributed by atoms with Gasteiger partial charge in [0.15, 0.2) is 5.13 Å². The summed E-state index contributed by atoms with van der Waals surface area (Å²) in [6.45, 7) is 3.53. The Morgan fingerprint density at radius 2 is 2.00 bits per heavy atom. The molecule has 3 aromatic rings. The number of nitrogens with one attached hydrogen (secondary N) is 2. The number of carbonyl (C=O) groups excluding carboxylic acids is 2. The minimum absolute atomic E-state index is 0.0207. The van der Waals surface area contributed by atoms with Gasteiger partial charge in [-0.2, -0.15) is 0 Å². The van der Waals surface area contributed by atoms with Crippen LogP contribution < -0.4 is 10.6 Å². The minimum atomic E-state index is -0.903. The number of anilines is 1. The number of thiazole rings is 1. The van der Waals surface area contributed by atoms with Crippen molar-refractivity contribution in [3.63, 3.8) is 0 Å². The van der Waals surface area contributed by atoms with Crippen LogP contribution in [0.15, 0.2) is 48.7 Å². The van der Waals surface area contributed by atoms with Gasteiger partial charge in [-0.15, -0.1) is 11.3 Å². The van der Waals surface area contributed by atoms with Crippen molar-refractivity contribution < 1.29 is 18.9 Å². The van der Waals surface area contributed by atoms with Crippen molar-refractivity contribution in [1.29, 1.82) is 0 Å². The molecule has 0 spiro atoms. The van der Waals surface area contributed by atoms with Crippen LogP contribution in [0.1, 0.15) is 34.6 Å². The number of nitro benzene ring substituents is 1. The van der Waals surface area contributed by atoms with Crippen molar-refractivity contribution in [2.24, 2.45) is 5.92 Å². The molecule has 1 unspecified atom stereocenters. The van der Waals surface area contributed by atoms with Crippen molar-refractivity contribution in [3.05, 3.63) is 85.6 Å². The summed E-state index contributed by atoms with van der Waals surface area (Å²) in [6.07, 6.45) is 2.07. The van der Waals surface area contributed by atoms with E-state index in [1.807, 2.05) is 0 Å². The average molecular weight is 491 g/mol. The predicted octanol–water partition coefficient (Wildman–Crippen LogP) is 4.83. The Labute approximate surface area is 198 Å². The summed E-state index contributed by atoms with van der Waals surface area (Å²) in [4.78, 5) is 40.8. The molecule has 8 nitrogen and oxygen atoms in total. The third-order valence-corrected chi connectivity index (χ3v) is 5.92. The third-order valence-electron chi connectivity index (χ3n) is 4.69. The van der Waals surface area contributed by atoms with Gasteiger partial charge < -0.3 is 10.6 Å². The first-order chi connectivity index (χ1) is 15.6. The molecule has 0 aliphatic heterocycles. The topological polar surface area (TPSA) is 114 Å². The van der Waals surface area contributed by atoms with Gasteiger partial charge in [0.25, 0.3) is 11.6 Å². The number of hydrogen-bond donors (Lipinski definition) is 2. The normalized spacial score (nSPS) is 11.8. The molecule has 172 valence electrons. The standard InChI is InChI=1S/C22H20ClFN4O4S/c1-12(2)19(26-20(29)17-7-6-15(28(31)32)10-18(17)23)21(30)27-22-25-11-16(33-22)9-13-4-3-5-14(24)8-13/h3-8,10-12,19H,9H2,1-2H3,(H,26,29)(H,25,27,30). The molecule has 2 aromatic carbocycles. The van der Waals surface area contributed by atoms with Crippen LogP contribution in [0.3, 0.4) is 0 Å². The molecule has 0 aliphatic rings. The molecule has 0 bridgehead atoms. The average Bonchev–Trinajstić information content (AvgIpc) is 3.17.